The third-order valence-electron chi connectivity index (χ3n) is 4.06. The maximum atomic E-state index is 12.0. The number of methoxy groups -OCH3 is 1. The molecule has 5 nitrogen and oxygen atoms in total. The summed E-state index contributed by atoms with van der Waals surface area (Å²) in [4.78, 5) is 12.0. The Labute approximate surface area is 172 Å². The van der Waals surface area contributed by atoms with E-state index in [4.69, 9.17) is 21.1 Å². The van der Waals surface area contributed by atoms with E-state index in [1.54, 1.807) is 7.11 Å². The smallest absolute Gasteiger partial charge is 0.258 e. The molecule has 6 heteroatoms. The number of benzene rings is 2. The maximum absolute atomic E-state index is 12.0. The van der Waals surface area contributed by atoms with Gasteiger partial charge in [-0.2, -0.15) is 0 Å². The molecular formula is C22H29ClN2O3. The zero-order chi connectivity index (χ0) is 20.7. The van der Waals surface area contributed by atoms with Crippen molar-refractivity contribution < 1.29 is 14.3 Å². The summed E-state index contributed by atoms with van der Waals surface area (Å²) in [5, 5.41) is 6.73. The second-order valence-corrected chi connectivity index (χ2v) is 8.12. The lowest BCUT2D eigenvalue weighted by Gasteiger charge is -2.21. The van der Waals surface area contributed by atoms with Gasteiger partial charge in [0, 0.05) is 18.1 Å². The number of nitrogens with one attached hydrogen (secondary N) is 2. The number of halogens is 1. The average molecular weight is 405 g/mol. The molecule has 0 bridgehead atoms. The Morgan fingerprint density at radius 3 is 2.46 bits per heavy atom. The Kier molecular flexibility index (Phi) is 7.72. The third-order valence-corrected chi connectivity index (χ3v) is 4.34. The standard InChI is InChI=1S/C22H29ClN2O3/c1-15(17-9-7-6-8-10-17)24-13-16-11-18(23)21(19(12-16)27-5)28-14-20(26)25-22(2,3)4/h6-12,15,24H,13-14H2,1-5H3,(H,25,26)/t15-/m1/s1. The van der Waals surface area contributed by atoms with Gasteiger partial charge in [0.05, 0.1) is 12.1 Å². The lowest BCUT2D eigenvalue weighted by Crippen LogP contribution is -2.43. The highest BCUT2D eigenvalue weighted by Crippen LogP contribution is 2.36. The van der Waals surface area contributed by atoms with E-state index in [2.05, 4.69) is 29.7 Å². The fourth-order valence-electron chi connectivity index (χ4n) is 2.74. The summed E-state index contributed by atoms with van der Waals surface area (Å²) in [5.41, 5.74) is 1.86. The van der Waals surface area contributed by atoms with E-state index < -0.39 is 0 Å². The summed E-state index contributed by atoms with van der Waals surface area (Å²) >= 11 is 6.40. The van der Waals surface area contributed by atoms with Crippen molar-refractivity contribution in [2.24, 2.45) is 0 Å². The molecule has 2 aromatic rings. The molecule has 152 valence electrons. The Balaban J connectivity index is 2.03. The first-order chi connectivity index (χ1) is 13.2. The van der Waals surface area contributed by atoms with Crippen molar-refractivity contribution in [2.75, 3.05) is 13.7 Å². The summed E-state index contributed by atoms with van der Waals surface area (Å²) in [6.45, 7) is 8.34. The van der Waals surface area contributed by atoms with E-state index in [9.17, 15) is 4.79 Å². The zero-order valence-electron chi connectivity index (χ0n) is 17.1. The molecule has 0 aliphatic carbocycles. The molecule has 2 rings (SSSR count). The molecule has 0 spiro atoms. The van der Waals surface area contributed by atoms with Gasteiger partial charge in [0.2, 0.25) is 0 Å². The molecule has 0 aliphatic rings. The highest BCUT2D eigenvalue weighted by atomic mass is 35.5. The molecule has 0 unspecified atom stereocenters. The van der Waals surface area contributed by atoms with Gasteiger partial charge in [-0.15, -0.1) is 0 Å². The molecule has 0 aliphatic heterocycles. The van der Waals surface area contributed by atoms with E-state index in [1.165, 1.54) is 5.56 Å². The molecule has 1 atom stereocenters. The molecule has 0 radical (unpaired) electrons. The topological polar surface area (TPSA) is 59.6 Å². The Morgan fingerprint density at radius 2 is 1.86 bits per heavy atom. The van der Waals surface area contributed by atoms with Crippen LogP contribution in [0.2, 0.25) is 5.02 Å². The largest absolute Gasteiger partial charge is 0.493 e. The van der Waals surface area contributed by atoms with Gasteiger partial charge in [-0.3, -0.25) is 4.79 Å². The van der Waals surface area contributed by atoms with Gasteiger partial charge in [0.1, 0.15) is 0 Å². The predicted octanol–water partition coefficient (Wildman–Crippen LogP) is 4.49. The minimum absolute atomic E-state index is 0.129. The molecule has 0 saturated carbocycles. The van der Waals surface area contributed by atoms with Gasteiger partial charge in [0.15, 0.2) is 18.1 Å². The number of ether oxygens (including phenoxy) is 2. The van der Waals surface area contributed by atoms with Crippen LogP contribution in [0.25, 0.3) is 0 Å². The van der Waals surface area contributed by atoms with Crippen LogP contribution >= 0.6 is 11.6 Å². The average Bonchev–Trinajstić information content (AvgIpc) is 2.64. The van der Waals surface area contributed by atoms with E-state index >= 15 is 0 Å². The van der Waals surface area contributed by atoms with Crippen molar-refractivity contribution in [1.29, 1.82) is 0 Å². The minimum atomic E-state index is -0.320. The second kappa shape index (κ2) is 9.80. The van der Waals surface area contributed by atoms with Crippen LogP contribution in [-0.4, -0.2) is 25.2 Å². The molecule has 28 heavy (non-hydrogen) atoms. The summed E-state index contributed by atoms with van der Waals surface area (Å²) in [7, 11) is 1.55. The van der Waals surface area contributed by atoms with Crippen molar-refractivity contribution in [2.45, 2.75) is 45.8 Å². The van der Waals surface area contributed by atoms with Crippen molar-refractivity contribution in [3.05, 3.63) is 58.6 Å². The first kappa shape index (κ1) is 22.1. The van der Waals surface area contributed by atoms with Crippen LogP contribution in [0.5, 0.6) is 11.5 Å². The van der Waals surface area contributed by atoms with Crippen LogP contribution in [0.15, 0.2) is 42.5 Å². The number of rotatable bonds is 8. The SMILES string of the molecule is COc1cc(CN[C@H](C)c2ccccc2)cc(Cl)c1OCC(=O)NC(C)(C)C. The molecule has 2 aromatic carbocycles. The molecule has 2 N–H and O–H groups in total. The Bertz CT molecular complexity index is 788. The van der Waals surface area contributed by atoms with Crippen LogP contribution in [0, 0.1) is 0 Å². The van der Waals surface area contributed by atoms with Crippen LogP contribution in [-0.2, 0) is 11.3 Å². The van der Waals surface area contributed by atoms with Crippen molar-refractivity contribution in [3.63, 3.8) is 0 Å². The highest BCUT2D eigenvalue weighted by Gasteiger charge is 2.17. The minimum Gasteiger partial charge on any atom is -0.493 e. The molecule has 0 heterocycles. The Morgan fingerprint density at radius 1 is 1.18 bits per heavy atom. The fourth-order valence-corrected chi connectivity index (χ4v) is 3.03. The van der Waals surface area contributed by atoms with Crippen molar-refractivity contribution in [3.8, 4) is 11.5 Å². The fraction of sp³-hybridized carbons (Fsp3) is 0.409. The normalized spacial score (nSPS) is 12.4. The number of hydrogen-bond donors (Lipinski definition) is 2. The van der Waals surface area contributed by atoms with Gasteiger partial charge in [-0.25, -0.2) is 0 Å². The van der Waals surface area contributed by atoms with E-state index in [0.29, 0.717) is 23.1 Å². The summed E-state index contributed by atoms with van der Waals surface area (Å²) < 4.78 is 11.0. The van der Waals surface area contributed by atoms with Crippen LogP contribution < -0.4 is 20.1 Å². The Hall–Kier alpha value is -2.24. The quantitative estimate of drug-likeness (QED) is 0.680. The predicted molar refractivity (Wildman–Crippen MR) is 113 cm³/mol. The van der Waals surface area contributed by atoms with Crippen molar-refractivity contribution in [1.82, 2.24) is 10.6 Å². The summed E-state index contributed by atoms with van der Waals surface area (Å²) in [6.07, 6.45) is 0. The second-order valence-electron chi connectivity index (χ2n) is 7.71. The molecular weight excluding hydrogens is 376 g/mol. The molecule has 1 amide bonds. The van der Waals surface area contributed by atoms with Gasteiger partial charge in [-0.1, -0.05) is 41.9 Å². The number of amides is 1. The highest BCUT2D eigenvalue weighted by molar-refractivity contribution is 6.32. The van der Waals surface area contributed by atoms with Crippen LogP contribution in [0.3, 0.4) is 0 Å². The maximum Gasteiger partial charge on any atom is 0.258 e. The third kappa shape index (κ3) is 6.73. The lowest BCUT2D eigenvalue weighted by atomic mass is 10.1. The van der Waals surface area contributed by atoms with E-state index in [-0.39, 0.29) is 24.1 Å². The van der Waals surface area contributed by atoms with Gasteiger partial charge in [0.25, 0.3) is 5.91 Å². The first-order valence-electron chi connectivity index (χ1n) is 9.28. The first-order valence-corrected chi connectivity index (χ1v) is 9.66. The molecule has 0 aromatic heterocycles. The number of carbonyl (C=O) groups is 1. The van der Waals surface area contributed by atoms with Gasteiger partial charge < -0.3 is 20.1 Å². The monoisotopic (exact) mass is 404 g/mol. The van der Waals surface area contributed by atoms with Gasteiger partial charge >= 0.3 is 0 Å². The van der Waals surface area contributed by atoms with Crippen LogP contribution in [0.4, 0.5) is 0 Å². The zero-order valence-corrected chi connectivity index (χ0v) is 17.9. The van der Waals surface area contributed by atoms with Crippen LogP contribution in [0.1, 0.15) is 44.9 Å². The van der Waals surface area contributed by atoms with E-state index in [1.807, 2.05) is 51.1 Å². The number of carbonyl (C=O) groups excluding carboxylic acids is 1. The van der Waals surface area contributed by atoms with Gasteiger partial charge in [-0.05, 0) is 51.0 Å². The molecule has 0 saturated heterocycles. The molecule has 0 fully saturated rings. The number of hydrogen-bond acceptors (Lipinski definition) is 4. The van der Waals surface area contributed by atoms with Crippen molar-refractivity contribution >= 4 is 17.5 Å². The lowest BCUT2D eigenvalue weighted by molar-refractivity contribution is -0.124. The summed E-state index contributed by atoms with van der Waals surface area (Å²) in [6, 6.07) is 14.1. The van der Waals surface area contributed by atoms with E-state index in [0.717, 1.165) is 5.56 Å². The summed E-state index contributed by atoms with van der Waals surface area (Å²) in [5.74, 6) is 0.654.